The van der Waals surface area contributed by atoms with Crippen LogP contribution in [0.4, 0.5) is 0 Å². The zero-order valence-electron chi connectivity index (χ0n) is 58.7. The molecule has 15 nitrogen and oxygen atoms in total. The molecule has 8 rings (SSSR count). The van der Waals surface area contributed by atoms with Crippen LogP contribution in [0.25, 0.3) is 33.4 Å². The standard InChI is InChI=1S/C34H37NO4.C29H43NO4.C18H21NO4/c1-4-31(34(36)37)39-33-18-16-28(24-30(33)22-26-13-9-6-10-14-26)27-15-17-32(38-20-19-35(2)3)29(23-27)21-25-11-7-5-8-12-25;1-21(31)20-32-16-17-34-27-13-11-23(19-25(27)29(5,6)7)22-10-12-26(33-15-14-30(8)9)24(18-22)28(2,3)4;1-2-21-18(20)13-23-17-9-5-15(6-10-17)14-3-7-16(8-4-14)22-12-11-19/h5-18,23-24,31H,4,19-22H2,1-3H3,(H,36,37);10-13,18-19H,14-17,20H2,1-9H3;3-10H,2,11-13,19H2,1H3. The highest BCUT2D eigenvalue weighted by Crippen LogP contribution is 2.40. The van der Waals surface area contributed by atoms with Crippen molar-refractivity contribution in [3.63, 3.8) is 0 Å². The highest BCUT2D eigenvalue weighted by Gasteiger charge is 2.24. The maximum atomic E-state index is 11.7. The number of nitrogens with two attached hydrogens (primary N) is 1. The Morgan fingerprint density at radius 2 is 0.885 bits per heavy atom. The SMILES string of the molecule is CC(=O)COCCOc1ccc(-c2ccc(OCCN(C)C)c(C(C)(C)C)c2)cc1C(C)(C)C.CCC(Oc1ccc(-c2ccc(OCCN(C)C)c(Cc3ccccc3)c2)cc1Cc1ccccc1)C(=O)O.CCOC(=O)COc1ccc(-c2ccc(OCCN)cc2)cc1. The molecule has 512 valence electrons. The van der Waals surface area contributed by atoms with Gasteiger partial charge >= 0.3 is 11.9 Å². The lowest BCUT2D eigenvalue weighted by atomic mass is 9.82. The monoisotopic (exact) mass is 1310 g/mol. The number of carboxylic acid groups (broad SMARTS) is 1. The number of likely N-dealkylation sites (N-methyl/N-ethyl adjacent to an activating group) is 2. The van der Waals surface area contributed by atoms with Crippen LogP contribution in [-0.2, 0) is 47.5 Å². The summed E-state index contributed by atoms with van der Waals surface area (Å²) in [4.78, 5) is 38.2. The van der Waals surface area contributed by atoms with E-state index in [2.05, 4.69) is 156 Å². The van der Waals surface area contributed by atoms with Gasteiger partial charge in [-0.05, 0) is 188 Å². The molecule has 0 saturated carbocycles. The van der Waals surface area contributed by atoms with Gasteiger partial charge in [-0.3, -0.25) is 4.79 Å². The molecule has 0 saturated heterocycles. The summed E-state index contributed by atoms with van der Waals surface area (Å²) in [7, 11) is 8.18. The van der Waals surface area contributed by atoms with E-state index >= 15 is 0 Å². The Labute approximate surface area is 570 Å². The number of carbonyl (C=O) groups is 3. The molecule has 1 unspecified atom stereocenters. The topological polar surface area (TPSA) is 178 Å². The predicted octanol–water partition coefficient (Wildman–Crippen LogP) is 15.2. The predicted molar refractivity (Wildman–Crippen MR) is 386 cm³/mol. The van der Waals surface area contributed by atoms with Crippen molar-refractivity contribution >= 4 is 17.7 Å². The highest BCUT2D eigenvalue weighted by atomic mass is 16.6. The molecular formula is C81H101N3O12. The van der Waals surface area contributed by atoms with Crippen LogP contribution in [0.2, 0.25) is 0 Å². The van der Waals surface area contributed by atoms with E-state index in [4.69, 9.17) is 43.6 Å². The number of hydrogen-bond donors (Lipinski definition) is 2. The minimum Gasteiger partial charge on any atom is -0.492 e. The first-order chi connectivity index (χ1) is 45.9. The zero-order chi connectivity index (χ0) is 69.6. The fraction of sp³-hybridized carbons (Fsp3) is 0.370. The van der Waals surface area contributed by atoms with Gasteiger partial charge in [-0.2, -0.15) is 0 Å². The van der Waals surface area contributed by atoms with E-state index in [0.29, 0.717) is 70.5 Å². The molecule has 0 spiro atoms. The van der Waals surface area contributed by atoms with Crippen LogP contribution < -0.4 is 34.2 Å². The van der Waals surface area contributed by atoms with Crippen LogP contribution in [0.15, 0.2) is 182 Å². The maximum Gasteiger partial charge on any atom is 0.344 e. The molecular weight excluding hydrogens is 1210 g/mol. The van der Waals surface area contributed by atoms with Gasteiger partial charge in [-0.25, -0.2) is 9.59 Å². The summed E-state index contributed by atoms with van der Waals surface area (Å²) >= 11 is 0. The number of ether oxygens (including phenoxy) is 8. The maximum absolute atomic E-state index is 11.7. The summed E-state index contributed by atoms with van der Waals surface area (Å²) < 4.78 is 45.3. The van der Waals surface area contributed by atoms with Gasteiger partial charge in [0.25, 0.3) is 0 Å². The van der Waals surface area contributed by atoms with E-state index in [0.717, 1.165) is 98.1 Å². The zero-order valence-corrected chi connectivity index (χ0v) is 58.7. The van der Waals surface area contributed by atoms with Crippen molar-refractivity contribution in [3.05, 3.63) is 215 Å². The molecule has 8 aromatic carbocycles. The summed E-state index contributed by atoms with van der Waals surface area (Å²) in [5.74, 6) is 3.40. The van der Waals surface area contributed by atoms with E-state index in [1.807, 2.05) is 112 Å². The van der Waals surface area contributed by atoms with Gasteiger partial charge in [0.15, 0.2) is 18.5 Å². The number of rotatable bonds is 32. The van der Waals surface area contributed by atoms with Gasteiger partial charge in [0.1, 0.15) is 67.5 Å². The Balaban J connectivity index is 0.000000235. The summed E-state index contributed by atoms with van der Waals surface area (Å²) in [6.45, 7) is 23.5. The van der Waals surface area contributed by atoms with Crippen molar-refractivity contribution < 1.29 is 57.4 Å². The number of carbonyl (C=O) groups excluding carboxylic acids is 2. The van der Waals surface area contributed by atoms with Crippen LogP contribution in [0.5, 0.6) is 34.5 Å². The number of aliphatic carboxylic acids is 1. The fourth-order valence-electron chi connectivity index (χ4n) is 10.1. The number of esters is 1. The average molecular weight is 1310 g/mol. The van der Waals surface area contributed by atoms with Crippen molar-refractivity contribution in [1.82, 2.24) is 9.80 Å². The summed E-state index contributed by atoms with van der Waals surface area (Å²) in [6, 6.07) is 61.1. The van der Waals surface area contributed by atoms with Gasteiger partial charge < -0.3 is 58.5 Å². The van der Waals surface area contributed by atoms with Gasteiger partial charge in [-0.1, -0.05) is 158 Å². The molecule has 0 bridgehead atoms. The van der Waals surface area contributed by atoms with Gasteiger partial charge in [0.05, 0.1) is 13.2 Å². The molecule has 96 heavy (non-hydrogen) atoms. The van der Waals surface area contributed by atoms with Crippen molar-refractivity contribution in [2.75, 3.05) is 101 Å². The largest absolute Gasteiger partial charge is 0.492 e. The molecule has 0 fully saturated rings. The lowest BCUT2D eigenvalue weighted by Gasteiger charge is -2.26. The van der Waals surface area contributed by atoms with Gasteiger partial charge in [0, 0.05) is 43.6 Å². The molecule has 3 N–H and O–H groups in total. The number of benzene rings is 8. The van der Waals surface area contributed by atoms with E-state index in [1.165, 1.54) is 18.1 Å². The lowest BCUT2D eigenvalue weighted by Crippen LogP contribution is -2.26. The van der Waals surface area contributed by atoms with E-state index in [1.54, 1.807) is 6.92 Å². The third kappa shape index (κ3) is 25.6. The minimum atomic E-state index is -0.956. The molecule has 0 radical (unpaired) electrons. The van der Waals surface area contributed by atoms with Crippen LogP contribution in [0.3, 0.4) is 0 Å². The Hall–Kier alpha value is -8.99. The lowest BCUT2D eigenvalue weighted by molar-refractivity contribution is -0.146. The first-order valence-corrected chi connectivity index (χ1v) is 33.0. The average Bonchev–Trinajstić information content (AvgIpc) is 0.815. The minimum absolute atomic E-state index is 0.0171. The van der Waals surface area contributed by atoms with Crippen LogP contribution in [-0.4, -0.2) is 139 Å². The molecule has 8 aromatic rings. The fourth-order valence-corrected chi connectivity index (χ4v) is 10.1. The van der Waals surface area contributed by atoms with Crippen LogP contribution >= 0.6 is 0 Å². The molecule has 0 aliphatic rings. The molecule has 0 aliphatic heterocycles. The van der Waals surface area contributed by atoms with E-state index < -0.39 is 12.1 Å². The second-order valence-corrected chi connectivity index (χ2v) is 25.9. The number of hydrogen-bond acceptors (Lipinski definition) is 14. The Morgan fingerprint density at radius 1 is 0.469 bits per heavy atom. The molecule has 0 amide bonds. The van der Waals surface area contributed by atoms with E-state index in [-0.39, 0.29) is 35.8 Å². The molecule has 0 aliphatic carbocycles. The Kier molecular flexibility index (Phi) is 30.5. The highest BCUT2D eigenvalue weighted by molar-refractivity contribution is 5.77. The van der Waals surface area contributed by atoms with Gasteiger partial charge in [0.2, 0.25) is 0 Å². The van der Waals surface area contributed by atoms with Crippen molar-refractivity contribution in [3.8, 4) is 67.9 Å². The van der Waals surface area contributed by atoms with Crippen LogP contribution in [0.1, 0.15) is 102 Å². The Bertz CT molecular complexity index is 3650. The first-order valence-electron chi connectivity index (χ1n) is 33.0. The quantitative estimate of drug-likeness (QED) is 0.0300. The number of nitrogens with zero attached hydrogens (tertiary/aromatic N) is 2. The van der Waals surface area contributed by atoms with Crippen molar-refractivity contribution in [1.29, 1.82) is 0 Å². The Morgan fingerprint density at radius 3 is 1.31 bits per heavy atom. The third-order valence-electron chi connectivity index (χ3n) is 15.2. The number of ketones is 1. The number of Topliss-reactive ketones (excluding diaryl/α,β-unsaturated/α-hetero) is 1. The first kappa shape index (κ1) is 76.0. The normalized spacial score (nSPS) is 11.5. The second kappa shape index (κ2) is 38.5. The smallest absolute Gasteiger partial charge is 0.344 e. The third-order valence-corrected chi connectivity index (χ3v) is 15.2. The van der Waals surface area contributed by atoms with Crippen molar-refractivity contribution in [2.45, 2.75) is 98.5 Å². The van der Waals surface area contributed by atoms with Crippen molar-refractivity contribution in [2.24, 2.45) is 5.73 Å². The van der Waals surface area contributed by atoms with E-state index in [9.17, 15) is 19.5 Å². The summed E-state index contributed by atoms with van der Waals surface area (Å²) in [5.41, 5.74) is 18.6. The van der Waals surface area contributed by atoms with Gasteiger partial charge in [-0.15, -0.1) is 0 Å². The second-order valence-electron chi connectivity index (χ2n) is 25.9. The summed E-state index contributed by atoms with van der Waals surface area (Å²) in [5, 5.41) is 9.58. The molecule has 1 atom stereocenters. The van der Waals surface area contributed by atoms with Crippen LogP contribution in [0, 0.1) is 0 Å². The molecule has 0 heterocycles. The molecule has 15 heteroatoms. The number of carboxylic acids is 1. The summed E-state index contributed by atoms with van der Waals surface area (Å²) in [6.07, 6.45) is 0.908. The molecule has 0 aromatic heterocycles.